The molecule has 11 heavy (non-hydrogen) atoms. The fourth-order valence-corrected chi connectivity index (χ4v) is 0.946. The third kappa shape index (κ3) is 1.90. The van der Waals surface area contributed by atoms with Crippen molar-refractivity contribution in [3.8, 4) is 0 Å². The molecule has 0 unspecified atom stereocenters. The van der Waals surface area contributed by atoms with Crippen molar-refractivity contribution in [1.29, 1.82) is 0 Å². The van der Waals surface area contributed by atoms with Crippen molar-refractivity contribution in [1.82, 2.24) is 0 Å². The SMILES string of the molecule is [CH2]Cc1cccc(C(C)=O)c1. The van der Waals surface area contributed by atoms with Crippen molar-refractivity contribution in [2.45, 2.75) is 13.3 Å². The number of hydrogen-bond acceptors (Lipinski definition) is 1. The average Bonchev–Trinajstić information content (AvgIpc) is 2.05. The summed E-state index contributed by atoms with van der Waals surface area (Å²) < 4.78 is 0. The summed E-state index contributed by atoms with van der Waals surface area (Å²) in [7, 11) is 0. The van der Waals surface area contributed by atoms with Gasteiger partial charge < -0.3 is 0 Å². The Balaban J connectivity index is 3.01. The summed E-state index contributed by atoms with van der Waals surface area (Å²) >= 11 is 0. The zero-order valence-corrected chi connectivity index (χ0v) is 6.63. The smallest absolute Gasteiger partial charge is 0.159 e. The van der Waals surface area contributed by atoms with E-state index in [0.29, 0.717) is 0 Å². The first kappa shape index (κ1) is 7.99. The molecular weight excluding hydrogens is 136 g/mol. The Kier molecular flexibility index (Phi) is 2.42. The van der Waals surface area contributed by atoms with Crippen molar-refractivity contribution in [2.75, 3.05) is 0 Å². The first-order chi connectivity index (χ1) is 5.24. The van der Waals surface area contributed by atoms with E-state index >= 15 is 0 Å². The Hall–Kier alpha value is -1.11. The molecule has 0 atom stereocenters. The van der Waals surface area contributed by atoms with E-state index in [4.69, 9.17) is 0 Å². The van der Waals surface area contributed by atoms with Crippen LogP contribution in [0.1, 0.15) is 22.8 Å². The van der Waals surface area contributed by atoms with E-state index < -0.39 is 0 Å². The highest BCUT2D eigenvalue weighted by atomic mass is 16.1. The van der Waals surface area contributed by atoms with E-state index in [2.05, 4.69) is 6.92 Å². The van der Waals surface area contributed by atoms with Crippen molar-refractivity contribution >= 4 is 5.78 Å². The summed E-state index contributed by atoms with van der Waals surface area (Å²) in [6.45, 7) is 5.32. The number of Topliss-reactive ketones (excluding diaryl/α,β-unsaturated/α-hetero) is 1. The molecule has 0 heterocycles. The van der Waals surface area contributed by atoms with Gasteiger partial charge in [-0.1, -0.05) is 18.2 Å². The van der Waals surface area contributed by atoms with Crippen LogP contribution in [0, 0.1) is 6.92 Å². The summed E-state index contributed by atoms with van der Waals surface area (Å²) in [6.07, 6.45) is 0.737. The Morgan fingerprint density at radius 3 is 2.82 bits per heavy atom. The second-order valence-corrected chi connectivity index (χ2v) is 2.51. The largest absolute Gasteiger partial charge is 0.295 e. The van der Waals surface area contributed by atoms with Gasteiger partial charge in [-0.3, -0.25) is 4.79 Å². The predicted molar refractivity (Wildman–Crippen MR) is 45.5 cm³/mol. The molecule has 0 amide bonds. The zero-order valence-electron chi connectivity index (χ0n) is 6.63. The molecule has 0 saturated carbocycles. The number of benzene rings is 1. The Bertz CT molecular complexity index is 263. The van der Waals surface area contributed by atoms with Crippen LogP contribution >= 0.6 is 0 Å². The summed E-state index contributed by atoms with van der Waals surface area (Å²) in [4.78, 5) is 10.9. The first-order valence-corrected chi connectivity index (χ1v) is 3.63. The van der Waals surface area contributed by atoms with Gasteiger partial charge in [-0.2, -0.15) is 0 Å². The summed E-state index contributed by atoms with van der Waals surface area (Å²) in [5, 5.41) is 0. The molecule has 0 N–H and O–H groups in total. The maximum atomic E-state index is 10.9. The summed E-state index contributed by atoms with van der Waals surface area (Å²) in [6, 6.07) is 7.56. The van der Waals surface area contributed by atoms with E-state index in [1.807, 2.05) is 24.3 Å². The van der Waals surface area contributed by atoms with Gasteiger partial charge in [-0.05, 0) is 31.9 Å². The highest BCUT2D eigenvalue weighted by molar-refractivity contribution is 5.94. The Labute approximate surface area is 67.1 Å². The van der Waals surface area contributed by atoms with E-state index in [-0.39, 0.29) is 5.78 Å². The van der Waals surface area contributed by atoms with E-state index in [1.54, 1.807) is 6.92 Å². The van der Waals surface area contributed by atoms with Crippen LogP contribution in [0.4, 0.5) is 0 Å². The molecule has 0 aliphatic carbocycles. The van der Waals surface area contributed by atoms with Crippen molar-refractivity contribution in [3.05, 3.63) is 42.3 Å². The molecule has 1 aromatic carbocycles. The molecule has 0 bridgehead atoms. The van der Waals surface area contributed by atoms with Crippen LogP contribution < -0.4 is 0 Å². The maximum Gasteiger partial charge on any atom is 0.159 e. The van der Waals surface area contributed by atoms with Crippen molar-refractivity contribution < 1.29 is 4.79 Å². The lowest BCUT2D eigenvalue weighted by Crippen LogP contribution is -1.92. The van der Waals surface area contributed by atoms with Crippen LogP contribution in [0.2, 0.25) is 0 Å². The summed E-state index contributed by atoms with van der Waals surface area (Å²) in [5.41, 5.74) is 1.88. The van der Waals surface area contributed by atoms with Crippen LogP contribution in [0.25, 0.3) is 0 Å². The molecule has 0 aliphatic rings. The third-order valence-electron chi connectivity index (χ3n) is 1.62. The maximum absolute atomic E-state index is 10.9. The molecule has 1 heteroatoms. The monoisotopic (exact) mass is 147 g/mol. The first-order valence-electron chi connectivity index (χ1n) is 3.63. The topological polar surface area (TPSA) is 17.1 Å². The van der Waals surface area contributed by atoms with Crippen LogP contribution in [0.15, 0.2) is 24.3 Å². The van der Waals surface area contributed by atoms with Gasteiger partial charge in [0.1, 0.15) is 0 Å². The van der Waals surface area contributed by atoms with Gasteiger partial charge >= 0.3 is 0 Å². The van der Waals surface area contributed by atoms with Gasteiger partial charge in [0, 0.05) is 5.56 Å². The molecule has 0 aromatic heterocycles. The quantitative estimate of drug-likeness (QED) is 0.586. The fourth-order valence-electron chi connectivity index (χ4n) is 0.946. The number of rotatable bonds is 2. The minimum atomic E-state index is 0.111. The number of hydrogen-bond donors (Lipinski definition) is 0. The molecule has 0 aliphatic heterocycles. The van der Waals surface area contributed by atoms with Gasteiger partial charge in [0.2, 0.25) is 0 Å². The van der Waals surface area contributed by atoms with Gasteiger partial charge in [0.05, 0.1) is 0 Å². The molecule has 57 valence electrons. The molecule has 1 rings (SSSR count). The molecule has 1 nitrogen and oxygen atoms in total. The lowest BCUT2D eigenvalue weighted by molar-refractivity contribution is 0.101. The number of carbonyl (C=O) groups is 1. The van der Waals surface area contributed by atoms with Crippen LogP contribution in [-0.4, -0.2) is 5.78 Å². The molecule has 0 fully saturated rings. The molecule has 0 spiro atoms. The molecule has 0 saturated heterocycles. The lowest BCUT2D eigenvalue weighted by atomic mass is 10.1. The highest BCUT2D eigenvalue weighted by Crippen LogP contribution is 2.05. The fraction of sp³-hybridized carbons (Fsp3) is 0.200. The van der Waals surface area contributed by atoms with Crippen LogP contribution in [-0.2, 0) is 6.42 Å². The normalized spacial score (nSPS) is 9.64. The zero-order chi connectivity index (χ0) is 8.27. The Morgan fingerprint density at radius 1 is 1.55 bits per heavy atom. The van der Waals surface area contributed by atoms with Crippen LogP contribution in [0.3, 0.4) is 0 Å². The second-order valence-electron chi connectivity index (χ2n) is 2.51. The average molecular weight is 147 g/mol. The molecular formula is C10H11O. The second kappa shape index (κ2) is 3.33. The van der Waals surface area contributed by atoms with Gasteiger partial charge in [-0.25, -0.2) is 0 Å². The predicted octanol–water partition coefficient (Wildman–Crippen LogP) is 2.27. The summed E-state index contributed by atoms with van der Waals surface area (Å²) in [5.74, 6) is 0.111. The van der Waals surface area contributed by atoms with E-state index in [1.165, 1.54) is 0 Å². The molecule has 1 aromatic rings. The lowest BCUT2D eigenvalue weighted by Gasteiger charge is -1.97. The Morgan fingerprint density at radius 2 is 2.27 bits per heavy atom. The van der Waals surface area contributed by atoms with Crippen molar-refractivity contribution in [2.24, 2.45) is 0 Å². The standard InChI is InChI=1S/C10H11O/c1-3-9-5-4-6-10(7-9)8(2)11/h4-7H,1,3H2,2H3. The molecule has 1 radical (unpaired) electrons. The number of carbonyl (C=O) groups excluding carboxylic acids is 1. The van der Waals surface area contributed by atoms with E-state index in [9.17, 15) is 4.79 Å². The highest BCUT2D eigenvalue weighted by Gasteiger charge is 1.97. The van der Waals surface area contributed by atoms with Gasteiger partial charge in [0.25, 0.3) is 0 Å². The third-order valence-corrected chi connectivity index (χ3v) is 1.62. The van der Waals surface area contributed by atoms with Crippen LogP contribution in [0.5, 0.6) is 0 Å². The van der Waals surface area contributed by atoms with Crippen molar-refractivity contribution in [3.63, 3.8) is 0 Å². The van der Waals surface area contributed by atoms with Gasteiger partial charge in [-0.15, -0.1) is 0 Å². The van der Waals surface area contributed by atoms with Gasteiger partial charge in [0.15, 0.2) is 5.78 Å². The number of ketones is 1. The minimum absolute atomic E-state index is 0.111. The minimum Gasteiger partial charge on any atom is -0.295 e. The van der Waals surface area contributed by atoms with E-state index in [0.717, 1.165) is 17.5 Å².